The van der Waals surface area contributed by atoms with Gasteiger partial charge in [0.1, 0.15) is 12.6 Å². The first-order valence-electron chi connectivity index (χ1n) is 12.1. The summed E-state index contributed by atoms with van der Waals surface area (Å²) in [5.41, 5.74) is 4.35. The third-order valence-electron chi connectivity index (χ3n) is 6.32. The van der Waals surface area contributed by atoms with Crippen LogP contribution >= 0.6 is 0 Å². The Bertz CT molecular complexity index is 1130. The van der Waals surface area contributed by atoms with E-state index in [4.69, 9.17) is 0 Å². The van der Waals surface area contributed by atoms with Crippen LogP contribution in [-0.2, 0) is 26.2 Å². The van der Waals surface area contributed by atoms with Gasteiger partial charge in [-0.3, -0.25) is 13.9 Å². The minimum absolute atomic E-state index is 0.0315. The fourth-order valence-electron chi connectivity index (χ4n) is 3.75. The number of rotatable bonds is 11. The van der Waals surface area contributed by atoms with Crippen LogP contribution in [0, 0.1) is 20.8 Å². The first-order valence-corrected chi connectivity index (χ1v) is 13.9. The summed E-state index contributed by atoms with van der Waals surface area (Å²) in [6.45, 7) is 11.4. The molecule has 0 saturated carbocycles. The summed E-state index contributed by atoms with van der Waals surface area (Å²) in [5, 5.41) is 2.98. The molecule has 0 unspecified atom stereocenters. The van der Waals surface area contributed by atoms with Crippen molar-refractivity contribution in [3.63, 3.8) is 0 Å². The highest BCUT2D eigenvalue weighted by Crippen LogP contribution is 2.22. The number of nitrogens with zero attached hydrogens (tertiary/aromatic N) is 2. The number of hydrogen-bond donors (Lipinski definition) is 1. The van der Waals surface area contributed by atoms with E-state index in [1.165, 1.54) is 4.90 Å². The predicted octanol–water partition coefficient (Wildman–Crippen LogP) is 4.10. The maximum atomic E-state index is 13.7. The van der Waals surface area contributed by atoms with Gasteiger partial charge in [-0.1, -0.05) is 49.7 Å². The third-order valence-corrected chi connectivity index (χ3v) is 7.46. The first kappa shape index (κ1) is 28.4. The van der Waals surface area contributed by atoms with E-state index in [2.05, 4.69) is 5.32 Å². The predicted molar refractivity (Wildman–Crippen MR) is 142 cm³/mol. The van der Waals surface area contributed by atoms with Gasteiger partial charge in [-0.05, 0) is 69.4 Å². The molecular weight excluding hydrogens is 462 g/mol. The van der Waals surface area contributed by atoms with E-state index in [0.717, 1.165) is 39.2 Å². The molecule has 0 aromatic heterocycles. The Morgan fingerprint density at radius 2 is 1.57 bits per heavy atom. The van der Waals surface area contributed by atoms with Crippen molar-refractivity contribution < 1.29 is 18.0 Å². The minimum Gasteiger partial charge on any atom is -0.352 e. The van der Waals surface area contributed by atoms with Crippen molar-refractivity contribution in [1.82, 2.24) is 10.2 Å². The monoisotopic (exact) mass is 501 g/mol. The maximum Gasteiger partial charge on any atom is 0.244 e. The van der Waals surface area contributed by atoms with Crippen molar-refractivity contribution in [3.05, 3.63) is 64.7 Å². The first-order chi connectivity index (χ1) is 16.4. The molecule has 8 heteroatoms. The largest absolute Gasteiger partial charge is 0.352 e. The molecule has 0 heterocycles. The van der Waals surface area contributed by atoms with E-state index < -0.39 is 22.0 Å². The molecule has 0 aliphatic carbocycles. The van der Waals surface area contributed by atoms with Crippen molar-refractivity contribution in [2.45, 2.75) is 73.0 Å². The summed E-state index contributed by atoms with van der Waals surface area (Å²) < 4.78 is 26.5. The Kier molecular flexibility index (Phi) is 9.89. The lowest BCUT2D eigenvalue weighted by Gasteiger charge is -2.33. The number of anilines is 1. The molecule has 35 heavy (non-hydrogen) atoms. The molecular formula is C27H39N3O4S. The molecule has 2 atom stereocenters. The number of amides is 2. The number of carbonyl (C=O) groups is 2. The number of aryl methyl sites for hydroxylation is 3. The van der Waals surface area contributed by atoms with Gasteiger partial charge in [0.25, 0.3) is 0 Å². The highest BCUT2D eigenvalue weighted by Gasteiger charge is 2.32. The third kappa shape index (κ3) is 7.82. The van der Waals surface area contributed by atoms with Crippen LogP contribution in [0.15, 0.2) is 42.5 Å². The summed E-state index contributed by atoms with van der Waals surface area (Å²) in [5.74, 6) is -0.667. The molecule has 192 valence electrons. The van der Waals surface area contributed by atoms with Crippen molar-refractivity contribution in [2.75, 3.05) is 17.1 Å². The summed E-state index contributed by atoms with van der Waals surface area (Å²) in [7, 11) is -3.74. The number of carbonyl (C=O) groups excluding carboxylic acids is 2. The van der Waals surface area contributed by atoms with Gasteiger partial charge in [0.15, 0.2) is 0 Å². The summed E-state index contributed by atoms with van der Waals surface area (Å²) in [4.78, 5) is 28.3. The zero-order valence-electron chi connectivity index (χ0n) is 22.0. The lowest BCUT2D eigenvalue weighted by atomic mass is 10.1. The molecule has 0 spiro atoms. The average molecular weight is 502 g/mol. The van der Waals surface area contributed by atoms with Gasteiger partial charge < -0.3 is 10.2 Å². The van der Waals surface area contributed by atoms with Crippen LogP contribution in [0.5, 0.6) is 0 Å². The van der Waals surface area contributed by atoms with E-state index >= 15 is 0 Å². The van der Waals surface area contributed by atoms with E-state index in [1.54, 1.807) is 12.1 Å². The molecule has 0 radical (unpaired) electrons. The van der Waals surface area contributed by atoms with Crippen LogP contribution in [0.3, 0.4) is 0 Å². The second-order valence-electron chi connectivity index (χ2n) is 9.29. The molecule has 0 aliphatic heterocycles. The number of sulfonamides is 1. The molecule has 2 aromatic carbocycles. The van der Waals surface area contributed by atoms with Crippen LogP contribution < -0.4 is 9.62 Å². The summed E-state index contributed by atoms with van der Waals surface area (Å²) >= 11 is 0. The zero-order chi connectivity index (χ0) is 26.3. The smallest absolute Gasteiger partial charge is 0.244 e. The summed E-state index contributed by atoms with van der Waals surface area (Å²) in [6.07, 6.45) is 2.26. The van der Waals surface area contributed by atoms with Crippen molar-refractivity contribution in [2.24, 2.45) is 0 Å². The van der Waals surface area contributed by atoms with E-state index in [0.29, 0.717) is 12.1 Å². The Labute approximate surface area is 210 Å². The maximum absolute atomic E-state index is 13.7. The SMILES string of the molecule is CC[C@@H](C)NC(=O)[C@H](CC)N(Cc1ccc(C)cc1)C(=O)CN(c1ccc(C)c(C)c1)S(C)(=O)=O. The number of benzene rings is 2. The molecule has 7 nitrogen and oxygen atoms in total. The molecule has 0 bridgehead atoms. The van der Waals surface area contributed by atoms with Crippen LogP contribution in [0.2, 0.25) is 0 Å². The van der Waals surface area contributed by atoms with Gasteiger partial charge in [-0.15, -0.1) is 0 Å². The highest BCUT2D eigenvalue weighted by molar-refractivity contribution is 7.92. The molecule has 1 N–H and O–H groups in total. The topological polar surface area (TPSA) is 86.8 Å². The zero-order valence-corrected chi connectivity index (χ0v) is 22.8. The molecule has 0 fully saturated rings. The quantitative estimate of drug-likeness (QED) is 0.502. The van der Waals surface area contributed by atoms with Crippen molar-refractivity contribution >= 4 is 27.5 Å². The standard InChI is InChI=1S/C27H39N3O4S/c1-8-22(6)28-27(32)25(9-2)29(17-23-13-10-19(3)11-14-23)26(31)18-30(35(7,33)34)24-15-12-20(4)21(5)16-24/h10-16,22,25H,8-9,17-18H2,1-7H3,(H,28,32)/t22-,25+/m1/s1. The molecule has 2 rings (SSSR count). The second kappa shape index (κ2) is 12.2. The highest BCUT2D eigenvalue weighted by atomic mass is 32.2. The molecule has 0 aliphatic rings. The number of nitrogens with one attached hydrogen (secondary N) is 1. The fraction of sp³-hybridized carbons (Fsp3) is 0.481. The Balaban J connectivity index is 2.45. The molecule has 2 aromatic rings. The van der Waals surface area contributed by atoms with Gasteiger partial charge in [-0.25, -0.2) is 8.42 Å². The molecule has 0 saturated heterocycles. The van der Waals surface area contributed by atoms with Crippen LogP contribution in [0.1, 0.15) is 55.9 Å². The van der Waals surface area contributed by atoms with Gasteiger partial charge in [0.2, 0.25) is 21.8 Å². The van der Waals surface area contributed by atoms with Gasteiger partial charge in [0.05, 0.1) is 11.9 Å². The Morgan fingerprint density at radius 1 is 0.943 bits per heavy atom. The van der Waals surface area contributed by atoms with Crippen molar-refractivity contribution in [1.29, 1.82) is 0 Å². The lowest BCUT2D eigenvalue weighted by molar-refractivity contribution is -0.140. The fourth-order valence-corrected chi connectivity index (χ4v) is 4.59. The van der Waals surface area contributed by atoms with E-state index in [9.17, 15) is 18.0 Å². The van der Waals surface area contributed by atoms with Crippen LogP contribution in [-0.4, -0.2) is 50.0 Å². The van der Waals surface area contributed by atoms with Gasteiger partial charge in [0, 0.05) is 12.6 Å². The van der Waals surface area contributed by atoms with Crippen LogP contribution in [0.25, 0.3) is 0 Å². The Hall–Kier alpha value is -2.87. The second-order valence-corrected chi connectivity index (χ2v) is 11.2. The van der Waals surface area contributed by atoms with Gasteiger partial charge >= 0.3 is 0 Å². The van der Waals surface area contributed by atoms with Gasteiger partial charge in [-0.2, -0.15) is 0 Å². The van der Waals surface area contributed by atoms with Crippen molar-refractivity contribution in [3.8, 4) is 0 Å². The van der Waals surface area contributed by atoms with E-state index in [-0.39, 0.29) is 25.0 Å². The van der Waals surface area contributed by atoms with Crippen LogP contribution in [0.4, 0.5) is 5.69 Å². The van der Waals surface area contributed by atoms with E-state index in [1.807, 2.05) is 71.9 Å². The average Bonchev–Trinajstić information content (AvgIpc) is 2.79. The summed E-state index contributed by atoms with van der Waals surface area (Å²) in [6, 6.07) is 12.3. The number of hydrogen-bond acceptors (Lipinski definition) is 4. The minimum atomic E-state index is -3.74. The Morgan fingerprint density at radius 3 is 2.09 bits per heavy atom. The normalized spacial score (nSPS) is 13.1. The lowest BCUT2D eigenvalue weighted by Crippen LogP contribution is -2.53. The molecule has 2 amide bonds.